The predicted octanol–water partition coefficient (Wildman–Crippen LogP) is 1.96. The van der Waals surface area contributed by atoms with E-state index in [2.05, 4.69) is 20.5 Å². The van der Waals surface area contributed by atoms with Gasteiger partial charge < -0.3 is 20.6 Å². The summed E-state index contributed by atoms with van der Waals surface area (Å²) in [4.78, 5) is 19.0. The number of amides is 2. The fourth-order valence-corrected chi connectivity index (χ4v) is 3.59. The van der Waals surface area contributed by atoms with Crippen LogP contribution in [0.1, 0.15) is 44.2 Å². The first-order valence-corrected chi connectivity index (χ1v) is 9.04. The largest absolute Gasteiger partial charge is 0.393 e. The van der Waals surface area contributed by atoms with Crippen molar-refractivity contribution in [2.24, 2.45) is 0 Å². The van der Waals surface area contributed by atoms with Crippen LogP contribution in [0.3, 0.4) is 0 Å². The number of nitrogens with one attached hydrogen (secondary N) is 2. The van der Waals surface area contributed by atoms with Gasteiger partial charge in [0.25, 0.3) is 0 Å². The Bertz CT molecular complexity index is 550. The van der Waals surface area contributed by atoms with Crippen LogP contribution in [0.4, 0.5) is 10.6 Å². The molecule has 3 rings (SSSR count). The predicted molar refractivity (Wildman–Crippen MR) is 94.1 cm³/mol. The minimum absolute atomic E-state index is 0.0662. The van der Waals surface area contributed by atoms with Crippen molar-refractivity contribution < 1.29 is 9.90 Å². The number of piperidine rings is 1. The topological polar surface area (TPSA) is 77.5 Å². The Morgan fingerprint density at radius 2 is 1.71 bits per heavy atom. The zero-order valence-corrected chi connectivity index (χ0v) is 14.4. The van der Waals surface area contributed by atoms with Crippen LogP contribution in [0, 0.1) is 6.92 Å². The normalized spacial score (nSPS) is 25.3. The molecule has 0 atom stereocenters. The highest BCUT2D eigenvalue weighted by molar-refractivity contribution is 5.74. The molecular formula is C18H28N4O2. The first-order valence-electron chi connectivity index (χ1n) is 9.04. The molecule has 3 N–H and O–H groups in total. The molecule has 6 nitrogen and oxygen atoms in total. The van der Waals surface area contributed by atoms with Crippen molar-refractivity contribution in [2.75, 3.05) is 18.0 Å². The van der Waals surface area contributed by atoms with E-state index in [1.165, 1.54) is 0 Å². The molecule has 0 radical (unpaired) electrons. The van der Waals surface area contributed by atoms with E-state index < -0.39 is 0 Å². The summed E-state index contributed by atoms with van der Waals surface area (Å²) in [5.74, 6) is 1.03. The van der Waals surface area contributed by atoms with Crippen molar-refractivity contribution in [3.05, 3.63) is 23.9 Å². The van der Waals surface area contributed by atoms with Crippen molar-refractivity contribution >= 4 is 11.8 Å². The van der Waals surface area contributed by atoms with Gasteiger partial charge in [0.15, 0.2) is 0 Å². The molecule has 6 heteroatoms. The molecule has 1 saturated heterocycles. The Kier molecular flexibility index (Phi) is 5.56. The quantitative estimate of drug-likeness (QED) is 0.791. The van der Waals surface area contributed by atoms with Gasteiger partial charge in [0.05, 0.1) is 6.10 Å². The number of aliphatic hydroxyl groups excluding tert-OH is 1. The Morgan fingerprint density at radius 3 is 2.33 bits per heavy atom. The van der Waals surface area contributed by atoms with E-state index in [9.17, 15) is 9.90 Å². The van der Waals surface area contributed by atoms with Crippen LogP contribution < -0.4 is 15.5 Å². The smallest absolute Gasteiger partial charge is 0.315 e. The van der Waals surface area contributed by atoms with E-state index in [4.69, 9.17) is 0 Å². The van der Waals surface area contributed by atoms with Gasteiger partial charge in [0, 0.05) is 30.9 Å². The van der Waals surface area contributed by atoms with Crippen molar-refractivity contribution in [3.8, 4) is 0 Å². The molecule has 0 spiro atoms. The van der Waals surface area contributed by atoms with Crippen LogP contribution in [0.15, 0.2) is 18.2 Å². The average Bonchev–Trinajstić information content (AvgIpc) is 2.58. The van der Waals surface area contributed by atoms with E-state index in [-0.39, 0.29) is 24.2 Å². The van der Waals surface area contributed by atoms with Crippen molar-refractivity contribution in [1.82, 2.24) is 15.6 Å². The summed E-state index contributed by atoms with van der Waals surface area (Å²) in [7, 11) is 0. The minimum atomic E-state index is -0.189. The van der Waals surface area contributed by atoms with E-state index in [1.807, 2.05) is 25.1 Å². The lowest BCUT2D eigenvalue weighted by Gasteiger charge is -2.34. The maximum Gasteiger partial charge on any atom is 0.315 e. The third-order valence-electron chi connectivity index (χ3n) is 5.06. The van der Waals surface area contributed by atoms with E-state index >= 15 is 0 Å². The molecule has 1 aliphatic carbocycles. The third-order valence-corrected chi connectivity index (χ3v) is 5.06. The van der Waals surface area contributed by atoms with E-state index in [1.54, 1.807) is 0 Å². The van der Waals surface area contributed by atoms with E-state index in [0.29, 0.717) is 0 Å². The van der Waals surface area contributed by atoms with E-state index in [0.717, 1.165) is 63.1 Å². The standard InChI is InChI=1S/C18H28N4O2/c1-13-3-2-4-17(19-13)22-11-9-15(10-12-22)21-18(24)20-14-5-7-16(23)8-6-14/h2-4,14-16,23H,5-12H2,1H3,(H2,20,21,24). The molecular weight excluding hydrogens is 304 g/mol. The molecule has 0 bridgehead atoms. The highest BCUT2D eigenvalue weighted by Gasteiger charge is 2.24. The molecule has 1 aromatic rings. The van der Waals surface area contributed by atoms with Crippen LogP contribution in [-0.2, 0) is 0 Å². The van der Waals surface area contributed by atoms with Gasteiger partial charge in [-0.2, -0.15) is 0 Å². The summed E-state index contributed by atoms with van der Waals surface area (Å²) in [5, 5.41) is 15.7. The molecule has 2 fully saturated rings. The average molecular weight is 332 g/mol. The molecule has 1 saturated carbocycles. The maximum absolute atomic E-state index is 12.1. The lowest BCUT2D eigenvalue weighted by molar-refractivity contribution is 0.117. The van der Waals surface area contributed by atoms with Gasteiger partial charge in [-0.3, -0.25) is 0 Å². The van der Waals surface area contributed by atoms with Crippen molar-refractivity contribution in [1.29, 1.82) is 0 Å². The highest BCUT2D eigenvalue weighted by atomic mass is 16.3. The number of carbonyl (C=O) groups is 1. The maximum atomic E-state index is 12.1. The first kappa shape index (κ1) is 17.0. The number of nitrogens with zero attached hydrogens (tertiary/aromatic N) is 2. The Labute approximate surface area is 143 Å². The number of urea groups is 1. The second-order valence-corrected chi connectivity index (χ2v) is 7.02. The minimum Gasteiger partial charge on any atom is -0.393 e. The number of hydrogen-bond acceptors (Lipinski definition) is 4. The fraction of sp³-hybridized carbons (Fsp3) is 0.667. The number of hydrogen-bond donors (Lipinski definition) is 3. The number of rotatable bonds is 3. The van der Waals surface area contributed by atoms with Crippen LogP contribution in [0.5, 0.6) is 0 Å². The van der Waals surface area contributed by atoms with Crippen LogP contribution in [-0.4, -0.2) is 47.4 Å². The summed E-state index contributed by atoms with van der Waals surface area (Å²) in [6, 6.07) is 6.45. The van der Waals surface area contributed by atoms with Gasteiger partial charge in [-0.15, -0.1) is 0 Å². The SMILES string of the molecule is Cc1cccc(N2CCC(NC(=O)NC3CCC(O)CC3)CC2)n1. The van der Waals surface area contributed by atoms with Crippen LogP contribution >= 0.6 is 0 Å². The van der Waals surface area contributed by atoms with Gasteiger partial charge in [-0.05, 0) is 57.6 Å². The summed E-state index contributed by atoms with van der Waals surface area (Å²) >= 11 is 0. The Balaban J connectivity index is 1.41. The lowest BCUT2D eigenvalue weighted by Crippen LogP contribution is -2.50. The lowest BCUT2D eigenvalue weighted by atomic mass is 9.93. The van der Waals surface area contributed by atoms with Crippen LogP contribution in [0.25, 0.3) is 0 Å². The number of aromatic nitrogens is 1. The molecule has 2 heterocycles. The summed E-state index contributed by atoms with van der Waals surface area (Å²) in [5.41, 5.74) is 1.03. The number of aryl methyl sites for hydroxylation is 1. The number of anilines is 1. The molecule has 24 heavy (non-hydrogen) atoms. The fourth-order valence-electron chi connectivity index (χ4n) is 3.59. The van der Waals surface area contributed by atoms with Gasteiger partial charge in [-0.25, -0.2) is 9.78 Å². The second kappa shape index (κ2) is 7.83. The number of pyridine rings is 1. The summed E-state index contributed by atoms with van der Waals surface area (Å²) in [6.07, 6.45) is 4.99. The van der Waals surface area contributed by atoms with Crippen molar-refractivity contribution in [2.45, 2.75) is 63.6 Å². The second-order valence-electron chi connectivity index (χ2n) is 7.02. The first-order chi connectivity index (χ1) is 11.6. The molecule has 1 aromatic heterocycles. The molecule has 1 aliphatic heterocycles. The zero-order chi connectivity index (χ0) is 16.9. The van der Waals surface area contributed by atoms with Gasteiger partial charge in [0.2, 0.25) is 0 Å². The third kappa shape index (κ3) is 4.60. The Morgan fingerprint density at radius 1 is 1.08 bits per heavy atom. The number of aliphatic hydroxyl groups is 1. The molecule has 2 amide bonds. The van der Waals surface area contributed by atoms with Gasteiger partial charge in [0.1, 0.15) is 5.82 Å². The molecule has 0 aromatic carbocycles. The van der Waals surface area contributed by atoms with Gasteiger partial charge in [-0.1, -0.05) is 6.07 Å². The molecule has 2 aliphatic rings. The monoisotopic (exact) mass is 332 g/mol. The molecule has 132 valence electrons. The summed E-state index contributed by atoms with van der Waals surface area (Å²) < 4.78 is 0. The number of carbonyl (C=O) groups excluding carboxylic acids is 1. The zero-order valence-electron chi connectivity index (χ0n) is 14.4. The van der Waals surface area contributed by atoms with Crippen molar-refractivity contribution in [3.63, 3.8) is 0 Å². The highest BCUT2D eigenvalue weighted by Crippen LogP contribution is 2.19. The summed E-state index contributed by atoms with van der Waals surface area (Å²) in [6.45, 7) is 3.83. The van der Waals surface area contributed by atoms with Crippen LogP contribution in [0.2, 0.25) is 0 Å². The molecule has 0 unspecified atom stereocenters. The van der Waals surface area contributed by atoms with Gasteiger partial charge >= 0.3 is 6.03 Å². The Hall–Kier alpha value is -1.82.